The molecule has 0 aliphatic carbocycles. The molecule has 0 aliphatic rings. The molecule has 1 unspecified atom stereocenters. The lowest BCUT2D eigenvalue weighted by atomic mass is 10.0. The van der Waals surface area contributed by atoms with Crippen molar-refractivity contribution in [2.45, 2.75) is 42.8 Å². The average molecular weight is 427 g/mol. The van der Waals surface area contributed by atoms with Gasteiger partial charge in [0.25, 0.3) is 0 Å². The van der Waals surface area contributed by atoms with E-state index in [1.54, 1.807) is 4.90 Å². The van der Waals surface area contributed by atoms with Crippen molar-refractivity contribution in [1.29, 1.82) is 0 Å². The minimum absolute atomic E-state index is 0.0767. The van der Waals surface area contributed by atoms with Gasteiger partial charge in [-0.1, -0.05) is 79.4 Å². The summed E-state index contributed by atoms with van der Waals surface area (Å²) < 4.78 is 0.778. The molecule has 0 saturated heterocycles. The van der Waals surface area contributed by atoms with Crippen LogP contribution in [0.15, 0.2) is 58.9 Å². The Morgan fingerprint density at radius 1 is 1.07 bits per heavy atom. The first-order valence-electron chi connectivity index (χ1n) is 9.58. The summed E-state index contributed by atoms with van der Waals surface area (Å²) in [6.45, 7) is 6.86. The number of nitrogens with zero attached hydrogens (tertiary/aromatic N) is 3. The predicted octanol–water partition coefficient (Wildman–Crippen LogP) is 5.54. The molecule has 3 rings (SSSR count). The Labute approximate surface area is 180 Å². The van der Waals surface area contributed by atoms with Crippen LogP contribution >= 0.6 is 23.1 Å². The van der Waals surface area contributed by atoms with Crippen LogP contribution in [0, 0.1) is 0 Å². The average Bonchev–Trinajstić information content (AvgIpc) is 3.15. The van der Waals surface area contributed by atoms with Crippen molar-refractivity contribution in [3.05, 3.63) is 65.7 Å². The number of rotatable bonds is 8. The first kappa shape index (κ1) is 21.3. The highest BCUT2D eigenvalue weighted by Gasteiger charge is 2.21. The number of hydrogen-bond donors (Lipinski definition) is 1. The Balaban J connectivity index is 1.55. The van der Waals surface area contributed by atoms with Gasteiger partial charge in [-0.15, -0.1) is 10.2 Å². The van der Waals surface area contributed by atoms with Crippen LogP contribution < -0.4 is 5.32 Å². The van der Waals surface area contributed by atoms with Crippen LogP contribution in [0.2, 0.25) is 0 Å². The number of hydrogen-bond acceptors (Lipinski definition) is 6. The number of carbonyl (C=O) groups is 1. The molecule has 5 nitrogen and oxygen atoms in total. The lowest BCUT2D eigenvalue weighted by Crippen LogP contribution is -2.32. The number of amides is 1. The molecule has 29 heavy (non-hydrogen) atoms. The fourth-order valence-corrected chi connectivity index (χ4v) is 4.86. The summed E-state index contributed by atoms with van der Waals surface area (Å²) in [7, 11) is 1.83. The van der Waals surface area contributed by atoms with Gasteiger partial charge in [0.05, 0.1) is 5.25 Å². The predicted molar refractivity (Wildman–Crippen MR) is 122 cm³/mol. The lowest BCUT2D eigenvalue weighted by Gasteiger charge is -2.20. The van der Waals surface area contributed by atoms with Crippen LogP contribution in [0.25, 0.3) is 0 Å². The van der Waals surface area contributed by atoms with E-state index in [2.05, 4.69) is 41.5 Å². The van der Waals surface area contributed by atoms with Crippen molar-refractivity contribution in [3.63, 3.8) is 0 Å². The molecule has 0 saturated carbocycles. The third kappa shape index (κ3) is 6.05. The zero-order valence-electron chi connectivity index (χ0n) is 17.1. The zero-order chi connectivity index (χ0) is 20.8. The molecular weight excluding hydrogens is 400 g/mol. The molecular formula is C22H26N4OS2. The molecule has 0 radical (unpaired) electrons. The number of anilines is 2. The number of carbonyl (C=O) groups excluding carboxylic acids is 1. The molecule has 1 heterocycles. The van der Waals surface area contributed by atoms with E-state index in [0.717, 1.165) is 20.7 Å². The molecule has 7 heteroatoms. The molecule has 0 fully saturated rings. The van der Waals surface area contributed by atoms with Gasteiger partial charge in [-0.05, 0) is 36.1 Å². The van der Waals surface area contributed by atoms with Crippen LogP contribution in [0.5, 0.6) is 0 Å². The summed E-state index contributed by atoms with van der Waals surface area (Å²) in [5.74, 6) is 0.584. The smallest absolute Gasteiger partial charge is 0.235 e. The third-order valence-electron chi connectivity index (χ3n) is 4.50. The van der Waals surface area contributed by atoms with E-state index in [4.69, 9.17) is 0 Å². The van der Waals surface area contributed by atoms with Gasteiger partial charge in [0.2, 0.25) is 11.0 Å². The van der Waals surface area contributed by atoms with E-state index < -0.39 is 0 Å². The van der Waals surface area contributed by atoms with Crippen LogP contribution in [-0.2, 0) is 11.3 Å². The van der Waals surface area contributed by atoms with Crippen molar-refractivity contribution in [1.82, 2.24) is 15.1 Å². The number of benzene rings is 2. The summed E-state index contributed by atoms with van der Waals surface area (Å²) in [6, 6.07) is 18.3. The summed E-state index contributed by atoms with van der Waals surface area (Å²) in [5.41, 5.74) is 3.40. The quantitative estimate of drug-likeness (QED) is 0.479. The molecule has 0 spiro atoms. The minimum atomic E-state index is -0.227. The van der Waals surface area contributed by atoms with Crippen LogP contribution in [0.4, 0.5) is 10.8 Å². The Kier molecular flexibility index (Phi) is 7.28. The Hall–Kier alpha value is -2.38. The maximum absolute atomic E-state index is 12.7. The van der Waals surface area contributed by atoms with Gasteiger partial charge in [0.15, 0.2) is 4.34 Å². The molecule has 1 N–H and O–H groups in total. The largest absolute Gasteiger partial charge is 0.340 e. The van der Waals surface area contributed by atoms with Crippen LogP contribution in [0.3, 0.4) is 0 Å². The van der Waals surface area contributed by atoms with Crippen molar-refractivity contribution >= 4 is 39.8 Å². The van der Waals surface area contributed by atoms with E-state index in [9.17, 15) is 4.79 Å². The molecule has 0 aliphatic heterocycles. The van der Waals surface area contributed by atoms with Gasteiger partial charge in [0.1, 0.15) is 0 Å². The molecule has 152 valence electrons. The first-order chi connectivity index (χ1) is 13.9. The summed E-state index contributed by atoms with van der Waals surface area (Å²) >= 11 is 2.90. The standard InChI is InChI=1S/C22H26N4OS2/c1-15(2)18-10-12-19(13-11-18)23-21-24-25-22(29-21)28-16(3)20(27)26(4)14-17-8-6-5-7-9-17/h5-13,15-16H,14H2,1-4H3,(H,23,24). The van der Waals surface area contributed by atoms with Crippen molar-refractivity contribution < 1.29 is 4.79 Å². The summed E-state index contributed by atoms with van der Waals surface area (Å²) in [5, 5.41) is 12.2. The Morgan fingerprint density at radius 3 is 2.41 bits per heavy atom. The minimum Gasteiger partial charge on any atom is -0.340 e. The Bertz CT molecular complexity index is 926. The molecule has 1 atom stereocenters. The van der Waals surface area contributed by atoms with Crippen molar-refractivity contribution in [2.24, 2.45) is 0 Å². The first-order valence-corrected chi connectivity index (χ1v) is 11.3. The second kappa shape index (κ2) is 9.89. The fraction of sp³-hybridized carbons (Fsp3) is 0.318. The highest BCUT2D eigenvalue weighted by atomic mass is 32.2. The third-order valence-corrected chi connectivity index (χ3v) is 6.51. The normalized spacial score (nSPS) is 12.0. The second-order valence-electron chi connectivity index (χ2n) is 7.21. The van der Waals surface area contributed by atoms with Gasteiger partial charge in [-0.2, -0.15) is 0 Å². The van der Waals surface area contributed by atoms with Gasteiger partial charge >= 0.3 is 0 Å². The van der Waals surface area contributed by atoms with Gasteiger partial charge in [-0.25, -0.2) is 0 Å². The number of nitrogens with one attached hydrogen (secondary N) is 1. The fourth-order valence-electron chi connectivity index (χ4n) is 2.83. The molecule has 1 aromatic heterocycles. The summed E-state index contributed by atoms with van der Waals surface area (Å²) in [4.78, 5) is 14.4. The maximum Gasteiger partial charge on any atom is 0.235 e. The highest BCUT2D eigenvalue weighted by Crippen LogP contribution is 2.31. The molecule has 0 bridgehead atoms. The van der Waals surface area contributed by atoms with E-state index >= 15 is 0 Å². The number of thioether (sulfide) groups is 1. The van der Waals surface area contributed by atoms with E-state index in [-0.39, 0.29) is 11.2 Å². The zero-order valence-corrected chi connectivity index (χ0v) is 18.8. The van der Waals surface area contributed by atoms with Crippen molar-refractivity contribution in [3.8, 4) is 0 Å². The molecule has 2 aromatic carbocycles. The van der Waals surface area contributed by atoms with Crippen molar-refractivity contribution in [2.75, 3.05) is 12.4 Å². The molecule has 1 amide bonds. The van der Waals surface area contributed by atoms with Gasteiger partial charge in [0, 0.05) is 19.3 Å². The SMILES string of the molecule is CC(Sc1nnc(Nc2ccc(C(C)C)cc2)s1)C(=O)N(C)Cc1ccccc1. The maximum atomic E-state index is 12.7. The van der Waals surface area contributed by atoms with Crippen LogP contribution in [-0.4, -0.2) is 33.3 Å². The Morgan fingerprint density at radius 2 is 1.76 bits per heavy atom. The van der Waals surface area contributed by atoms with Crippen LogP contribution in [0.1, 0.15) is 37.8 Å². The van der Waals surface area contributed by atoms with Gasteiger partial charge < -0.3 is 10.2 Å². The molecule has 3 aromatic rings. The van der Waals surface area contributed by atoms with E-state index in [1.807, 2.05) is 56.4 Å². The summed E-state index contributed by atoms with van der Waals surface area (Å²) in [6.07, 6.45) is 0. The number of aromatic nitrogens is 2. The topological polar surface area (TPSA) is 58.1 Å². The van der Waals surface area contributed by atoms with E-state index in [1.165, 1.54) is 28.7 Å². The van der Waals surface area contributed by atoms with E-state index in [0.29, 0.717) is 12.5 Å². The highest BCUT2D eigenvalue weighted by molar-refractivity contribution is 8.02. The van der Waals surface area contributed by atoms with Gasteiger partial charge in [-0.3, -0.25) is 4.79 Å². The second-order valence-corrected chi connectivity index (χ2v) is 9.78. The lowest BCUT2D eigenvalue weighted by molar-refractivity contribution is -0.129. The monoisotopic (exact) mass is 426 g/mol.